The van der Waals surface area contributed by atoms with E-state index < -0.39 is 0 Å². The fourth-order valence-electron chi connectivity index (χ4n) is 2.69. The van der Waals surface area contributed by atoms with Crippen LogP contribution in [-0.2, 0) is 9.59 Å². The quantitative estimate of drug-likeness (QED) is 0.766. The van der Waals surface area contributed by atoms with Crippen LogP contribution in [0.1, 0.15) is 27.2 Å². The smallest absolute Gasteiger partial charge is 0.246 e. The second kappa shape index (κ2) is 6.57. The summed E-state index contributed by atoms with van der Waals surface area (Å²) < 4.78 is 0. The van der Waals surface area contributed by atoms with Crippen molar-refractivity contribution < 1.29 is 9.59 Å². The van der Waals surface area contributed by atoms with Crippen molar-refractivity contribution in [3.8, 4) is 0 Å². The second-order valence-electron chi connectivity index (χ2n) is 7.25. The van der Waals surface area contributed by atoms with Crippen LogP contribution >= 0.6 is 11.8 Å². The Kier molecular flexibility index (Phi) is 5.20. The van der Waals surface area contributed by atoms with Crippen LogP contribution in [0.4, 0.5) is 0 Å². The highest BCUT2D eigenvalue weighted by atomic mass is 32.2. The molecule has 0 spiro atoms. The molecule has 0 N–H and O–H groups in total. The molecule has 2 amide bonds. The van der Waals surface area contributed by atoms with Crippen LogP contribution in [0.25, 0.3) is 0 Å². The minimum absolute atomic E-state index is 0.0359. The number of hydrogen-bond acceptors (Lipinski definition) is 4. The monoisotopic (exact) mass is 313 g/mol. The van der Waals surface area contributed by atoms with E-state index in [4.69, 9.17) is 0 Å². The zero-order chi connectivity index (χ0) is 15.6. The molecule has 0 saturated carbocycles. The van der Waals surface area contributed by atoms with Gasteiger partial charge in [-0.15, -0.1) is 11.8 Å². The van der Waals surface area contributed by atoms with Gasteiger partial charge in [0.2, 0.25) is 11.8 Å². The van der Waals surface area contributed by atoms with Crippen molar-refractivity contribution in [1.29, 1.82) is 0 Å². The molecule has 0 radical (unpaired) electrons. The largest absolute Gasteiger partial charge is 0.338 e. The molecule has 0 bridgehead atoms. The first-order valence-electron chi connectivity index (χ1n) is 7.62. The van der Waals surface area contributed by atoms with E-state index in [-0.39, 0.29) is 23.3 Å². The lowest BCUT2D eigenvalue weighted by Gasteiger charge is -2.36. The standard InChI is InChI=1S/C15H27N3O2S/c1-15(2,3)9-13(19)18-11-21-10-12(18)14(20)17-7-5-16(4)6-8-17/h12H,5-11H2,1-4H3/t12-/m0/s1. The number of nitrogens with zero attached hydrogens (tertiary/aromatic N) is 3. The molecule has 21 heavy (non-hydrogen) atoms. The van der Waals surface area contributed by atoms with Crippen LogP contribution in [0.15, 0.2) is 0 Å². The first kappa shape index (κ1) is 16.6. The highest BCUT2D eigenvalue weighted by molar-refractivity contribution is 7.99. The third kappa shape index (κ3) is 4.36. The summed E-state index contributed by atoms with van der Waals surface area (Å²) in [5.74, 6) is 1.63. The molecule has 1 atom stereocenters. The van der Waals surface area contributed by atoms with E-state index in [0.29, 0.717) is 12.3 Å². The van der Waals surface area contributed by atoms with Gasteiger partial charge in [0.1, 0.15) is 6.04 Å². The van der Waals surface area contributed by atoms with Crippen LogP contribution in [0, 0.1) is 5.41 Å². The fourth-order valence-corrected chi connectivity index (χ4v) is 3.86. The maximum Gasteiger partial charge on any atom is 0.246 e. The number of carbonyl (C=O) groups is 2. The Morgan fingerprint density at radius 1 is 1.14 bits per heavy atom. The summed E-state index contributed by atoms with van der Waals surface area (Å²) in [7, 11) is 2.08. The molecular weight excluding hydrogens is 286 g/mol. The SMILES string of the molecule is CN1CCN(C(=O)[C@@H]2CSCN2C(=O)CC(C)(C)C)CC1. The number of carbonyl (C=O) groups excluding carboxylic acids is 2. The van der Waals surface area contributed by atoms with E-state index in [9.17, 15) is 9.59 Å². The summed E-state index contributed by atoms with van der Waals surface area (Å²) in [6.07, 6.45) is 0.500. The molecule has 5 nitrogen and oxygen atoms in total. The van der Waals surface area contributed by atoms with Gasteiger partial charge in [-0.2, -0.15) is 0 Å². The van der Waals surface area contributed by atoms with E-state index >= 15 is 0 Å². The molecule has 6 heteroatoms. The Morgan fingerprint density at radius 2 is 1.76 bits per heavy atom. The van der Waals surface area contributed by atoms with Gasteiger partial charge >= 0.3 is 0 Å². The van der Waals surface area contributed by atoms with E-state index in [1.165, 1.54) is 0 Å². The minimum Gasteiger partial charge on any atom is -0.338 e. The highest BCUT2D eigenvalue weighted by Crippen LogP contribution is 2.27. The van der Waals surface area contributed by atoms with Gasteiger partial charge in [-0.25, -0.2) is 0 Å². The number of amides is 2. The van der Waals surface area contributed by atoms with Crippen LogP contribution in [0.5, 0.6) is 0 Å². The molecule has 2 saturated heterocycles. The van der Waals surface area contributed by atoms with E-state index in [1.54, 1.807) is 16.7 Å². The molecule has 120 valence electrons. The van der Waals surface area contributed by atoms with Gasteiger partial charge in [0, 0.05) is 38.4 Å². The summed E-state index contributed by atoms with van der Waals surface area (Å²) in [6, 6.07) is -0.256. The average Bonchev–Trinajstić information content (AvgIpc) is 2.86. The topological polar surface area (TPSA) is 43.9 Å². The Hall–Kier alpha value is -0.750. The molecule has 0 aromatic rings. The Bertz CT molecular complexity index is 400. The molecule has 0 aromatic heterocycles. The Balaban J connectivity index is 1.98. The lowest BCUT2D eigenvalue weighted by atomic mass is 9.91. The van der Waals surface area contributed by atoms with Gasteiger partial charge in [0.05, 0.1) is 5.88 Å². The Morgan fingerprint density at radius 3 is 2.33 bits per heavy atom. The molecule has 2 heterocycles. The normalized spacial score (nSPS) is 24.5. The number of rotatable bonds is 2. The van der Waals surface area contributed by atoms with Crippen LogP contribution in [0.3, 0.4) is 0 Å². The van der Waals surface area contributed by atoms with Crippen molar-refractivity contribution in [3.63, 3.8) is 0 Å². The number of likely N-dealkylation sites (N-methyl/N-ethyl adjacent to an activating group) is 1. The van der Waals surface area contributed by atoms with Crippen molar-refractivity contribution >= 4 is 23.6 Å². The van der Waals surface area contributed by atoms with Gasteiger partial charge in [0.15, 0.2) is 0 Å². The van der Waals surface area contributed by atoms with E-state index in [1.807, 2.05) is 4.90 Å². The molecule has 0 aromatic carbocycles. The zero-order valence-corrected chi connectivity index (χ0v) is 14.4. The van der Waals surface area contributed by atoms with E-state index in [2.05, 4.69) is 32.7 Å². The lowest BCUT2D eigenvalue weighted by Crippen LogP contribution is -2.54. The first-order chi connectivity index (χ1) is 9.78. The van der Waals surface area contributed by atoms with E-state index in [0.717, 1.165) is 31.9 Å². The Labute approximate surface area is 132 Å². The first-order valence-corrected chi connectivity index (χ1v) is 8.78. The summed E-state index contributed by atoms with van der Waals surface area (Å²) in [5.41, 5.74) is -0.0359. The third-order valence-electron chi connectivity index (χ3n) is 3.98. The van der Waals surface area contributed by atoms with Crippen molar-refractivity contribution in [1.82, 2.24) is 14.7 Å². The number of piperazine rings is 1. The highest BCUT2D eigenvalue weighted by Gasteiger charge is 2.38. The molecule has 2 fully saturated rings. The van der Waals surface area contributed by atoms with Gasteiger partial charge in [-0.05, 0) is 12.5 Å². The van der Waals surface area contributed by atoms with Crippen LogP contribution in [0.2, 0.25) is 0 Å². The van der Waals surface area contributed by atoms with Crippen molar-refractivity contribution in [3.05, 3.63) is 0 Å². The molecule has 0 aliphatic carbocycles. The summed E-state index contributed by atoms with van der Waals surface area (Å²) in [5, 5.41) is 0. The number of thioether (sulfide) groups is 1. The fraction of sp³-hybridized carbons (Fsp3) is 0.867. The van der Waals surface area contributed by atoms with Crippen LogP contribution < -0.4 is 0 Å². The molecular formula is C15H27N3O2S. The lowest BCUT2D eigenvalue weighted by molar-refractivity contribution is -0.145. The predicted molar refractivity (Wildman–Crippen MR) is 86.1 cm³/mol. The average molecular weight is 313 g/mol. The number of hydrogen-bond donors (Lipinski definition) is 0. The zero-order valence-electron chi connectivity index (χ0n) is 13.6. The van der Waals surface area contributed by atoms with Crippen molar-refractivity contribution in [2.24, 2.45) is 5.41 Å². The van der Waals surface area contributed by atoms with Gasteiger partial charge in [-0.3, -0.25) is 9.59 Å². The third-order valence-corrected chi connectivity index (χ3v) is 5.00. The molecule has 2 aliphatic heterocycles. The minimum atomic E-state index is -0.256. The van der Waals surface area contributed by atoms with Gasteiger partial charge < -0.3 is 14.7 Å². The second-order valence-corrected chi connectivity index (χ2v) is 8.24. The van der Waals surface area contributed by atoms with Crippen molar-refractivity contribution in [2.75, 3.05) is 44.9 Å². The molecule has 0 unspecified atom stereocenters. The maximum atomic E-state index is 12.7. The molecule has 2 rings (SSSR count). The molecule has 2 aliphatic rings. The van der Waals surface area contributed by atoms with Gasteiger partial charge in [-0.1, -0.05) is 20.8 Å². The maximum absolute atomic E-state index is 12.7. The van der Waals surface area contributed by atoms with Gasteiger partial charge in [0.25, 0.3) is 0 Å². The van der Waals surface area contributed by atoms with Crippen LogP contribution in [-0.4, -0.2) is 77.4 Å². The van der Waals surface area contributed by atoms with Crippen molar-refractivity contribution in [2.45, 2.75) is 33.2 Å². The summed E-state index contributed by atoms with van der Waals surface area (Å²) in [4.78, 5) is 31.1. The predicted octanol–water partition coefficient (Wildman–Crippen LogP) is 1.10. The summed E-state index contributed by atoms with van der Waals surface area (Å²) in [6.45, 7) is 9.57. The summed E-state index contributed by atoms with van der Waals surface area (Å²) >= 11 is 1.68.